The highest BCUT2D eigenvalue weighted by molar-refractivity contribution is 14.1. The zero-order chi connectivity index (χ0) is 29.2. The van der Waals surface area contributed by atoms with Gasteiger partial charge in [0, 0.05) is 29.2 Å². The topological polar surface area (TPSA) is 204 Å². The predicted molar refractivity (Wildman–Crippen MR) is 160 cm³/mol. The Bertz CT molecular complexity index is 1020. The van der Waals surface area contributed by atoms with E-state index in [-0.39, 0.29) is 39.0 Å². The van der Waals surface area contributed by atoms with E-state index in [1.165, 1.54) is 13.8 Å². The molecule has 3 atom stereocenters. The molecule has 0 spiro atoms. The molecule has 1 rings (SSSR count). The lowest BCUT2D eigenvalue weighted by Gasteiger charge is -2.21. The molecule has 0 aliphatic carbocycles. The number of carbonyl (C=O) groups is 4. The fraction of sp³-hybridized carbons (Fsp3) is 0.455. The van der Waals surface area contributed by atoms with Crippen LogP contribution in [0.4, 0.5) is 5.69 Å². The zero-order valence-corrected chi connectivity index (χ0v) is 26.8. The van der Waals surface area contributed by atoms with Crippen LogP contribution in [0.15, 0.2) is 12.2 Å². The largest absolute Gasteiger partial charge is 0.424 e. The summed E-state index contributed by atoms with van der Waals surface area (Å²) >= 11 is 5.55. The standard InChI is InChI=1S/C22H28I3N3O10/c1-9(2)22(36)38-10(3)37-13(33)6-26-19-17(24)14(20(34)27-4-11(31)7-29)16(23)15(18(19)25)21(35)28-5-12(32)8-30/h10-12,26,29-32H,1,4-8H2,2-3H3,(H,27,34)(H,28,35). The molecular formula is C22H28I3N3O10. The smallest absolute Gasteiger partial charge is 0.336 e. The Hall–Kier alpha value is -1.33. The number of carbonyl (C=O) groups excluding carboxylic acids is 4. The van der Waals surface area contributed by atoms with Gasteiger partial charge < -0.3 is 45.9 Å². The number of nitrogens with one attached hydrogen (secondary N) is 3. The highest BCUT2D eigenvalue weighted by Crippen LogP contribution is 2.35. The highest BCUT2D eigenvalue weighted by atomic mass is 127. The van der Waals surface area contributed by atoms with Gasteiger partial charge in [-0.1, -0.05) is 6.58 Å². The monoisotopic (exact) mass is 875 g/mol. The van der Waals surface area contributed by atoms with E-state index in [4.69, 9.17) is 19.7 Å². The van der Waals surface area contributed by atoms with Crippen LogP contribution in [0.1, 0.15) is 34.6 Å². The number of rotatable bonds is 14. The van der Waals surface area contributed by atoms with Crippen molar-refractivity contribution in [3.8, 4) is 0 Å². The van der Waals surface area contributed by atoms with E-state index in [1.54, 1.807) is 0 Å². The van der Waals surface area contributed by atoms with Crippen LogP contribution in [0.3, 0.4) is 0 Å². The van der Waals surface area contributed by atoms with Crippen molar-refractivity contribution >= 4 is 97.2 Å². The molecule has 0 saturated heterocycles. The lowest BCUT2D eigenvalue weighted by Crippen LogP contribution is -2.37. The van der Waals surface area contributed by atoms with Crippen molar-refractivity contribution < 1.29 is 49.1 Å². The zero-order valence-electron chi connectivity index (χ0n) is 20.3. The predicted octanol–water partition coefficient (Wildman–Crippen LogP) is 0.0868. The molecule has 0 radical (unpaired) electrons. The second-order valence-corrected chi connectivity index (χ2v) is 11.0. The van der Waals surface area contributed by atoms with E-state index in [0.717, 1.165) is 0 Å². The summed E-state index contributed by atoms with van der Waals surface area (Å²) in [6, 6.07) is 0. The van der Waals surface area contributed by atoms with Crippen LogP contribution in [0.25, 0.3) is 0 Å². The van der Waals surface area contributed by atoms with E-state index >= 15 is 0 Å². The number of amides is 2. The molecule has 38 heavy (non-hydrogen) atoms. The number of anilines is 1. The van der Waals surface area contributed by atoms with Crippen LogP contribution in [-0.4, -0.2) is 95.5 Å². The highest BCUT2D eigenvalue weighted by Gasteiger charge is 2.28. The SMILES string of the molecule is C=C(C)C(=O)OC(C)OC(=O)CNc1c(I)c(C(=O)NCC(O)CO)c(I)c(C(=O)NCC(O)CO)c1I. The van der Waals surface area contributed by atoms with Crippen LogP contribution in [0.5, 0.6) is 0 Å². The fourth-order valence-electron chi connectivity index (χ4n) is 2.61. The molecule has 0 saturated carbocycles. The van der Waals surface area contributed by atoms with Gasteiger partial charge in [0.1, 0.15) is 6.54 Å². The second-order valence-electron chi connectivity index (χ2n) is 7.76. The third kappa shape index (κ3) is 10.3. The summed E-state index contributed by atoms with van der Waals surface area (Å²) in [5.74, 6) is -2.84. The Morgan fingerprint density at radius 1 is 0.868 bits per heavy atom. The summed E-state index contributed by atoms with van der Waals surface area (Å²) in [7, 11) is 0. The van der Waals surface area contributed by atoms with Gasteiger partial charge in [0.15, 0.2) is 0 Å². The third-order valence-corrected chi connectivity index (χ3v) is 7.75. The van der Waals surface area contributed by atoms with Gasteiger partial charge in [-0.2, -0.15) is 0 Å². The molecule has 0 bridgehead atoms. The maximum Gasteiger partial charge on any atom is 0.336 e. The number of ether oxygens (including phenoxy) is 2. The maximum absolute atomic E-state index is 13.0. The minimum absolute atomic E-state index is 0.0595. The van der Waals surface area contributed by atoms with E-state index in [9.17, 15) is 29.4 Å². The summed E-state index contributed by atoms with van der Waals surface area (Å²) in [5, 5.41) is 45.1. The van der Waals surface area contributed by atoms with Crippen LogP contribution in [0.2, 0.25) is 0 Å². The molecule has 0 heterocycles. The van der Waals surface area contributed by atoms with E-state index < -0.39 is 62.0 Å². The Morgan fingerprint density at radius 2 is 1.32 bits per heavy atom. The van der Waals surface area contributed by atoms with Gasteiger partial charge in [0.05, 0.1) is 49.4 Å². The van der Waals surface area contributed by atoms with Gasteiger partial charge in [0.2, 0.25) is 6.29 Å². The summed E-state index contributed by atoms with van der Waals surface area (Å²) < 4.78 is 10.9. The quantitative estimate of drug-likeness (QED) is 0.0578. The van der Waals surface area contributed by atoms with Crippen molar-refractivity contribution in [3.05, 3.63) is 34.0 Å². The van der Waals surface area contributed by atoms with E-state index in [0.29, 0.717) is 7.14 Å². The molecule has 1 aromatic rings. The van der Waals surface area contributed by atoms with E-state index in [1.807, 2.05) is 67.8 Å². The Morgan fingerprint density at radius 3 is 1.71 bits per heavy atom. The number of aliphatic hydroxyl groups excluding tert-OH is 4. The van der Waals surface area contributed by atoms with Crippen LogP contribution in [0, 0.1) is 10.7 Å². The molecule has 1 aromatic carbocycles. The molecule has 0 aromatic heterocycles. The number of esters is 2. The van der Waals surface area contributed by atoms with Crippen molar-refractivity contribution in [3.63, 3.8) is 0 Å². The first-order valence-electron chi connectivity index (χ1n) is 10.9. The second kappa shape index (κ2) is 16.7. The van der Waals surface area contributed by atoms with Crippen molar-refractivity contribution in [1.29, 1.82) is 0 Å². The first-order valence-corrected chi connectivity index (χ1v) is 14.1. The first kappa shape index (κ1) is 34.7. The lowest BCUT2D eigenvalue weighted by molar-refractivity contribution is -0.180. The number of halogens is 3. The van der Waals surface area contributed by atoms with Gasteiger partial charge in [-0.05, 0) is 74.7 Å². The Labute approximate surface area is 259 Å². The molecule has 2 amide bonds. The fourth-order valence-corrected chi connectivity index (χ4v) is 7.13. The van der Waals surface area contributed by atoms with Crippen molar-refractivity contribution in [2.24, 2.45) is 0 Å². The van der Waals surface area contributed by atoms with Gasteiger partial charge in [-0.3, -0.25) is 14.4 Å². The minimum atomic E-state index is -1.20. The molecule has 0 aliphatic rings. The summed E-state index contributed by atoms with van der Waals surface area (Å²) in [5.41, 5.74) is 0.494. The molecule has 0 fully saturated rings. The molecule has 212 valence electrons. The molecule has 3 unspecified atom stereocenters. The minimum Gasteiger partial charge on any atom is -0.424 e. The number of benzene rings is 1. The van der Waals surface area contributed by atoms with Crippen LogP contribution in [-0.2, 0) is 19.1 Å². The third-order valence-electron chi connectivity index (χ3n) is 4.52. The number of hydrogen-bond donors (Lipinski definition) is 7. The Kier molecular flexibility index (Phi) is 15.2. The van der Waals surface area contributed by atoms with Crippen molar-refractivity contribution in [2.45, 2.75) is 32.3 Å². The normalized spacial score (nSPS) is 13.1. The van der Waals surface area contributed by atoms with Crippen molar-refractivity contribution in [1.82, 2.24) is 10.6 Å². The van der Waals surface area contributed by atoms with Gasteiger partial charge >= 0.3 is 11.9 Å². The Balaban J connectivity index is 3.32. The molecule has 0 aliphatic heterocycles. The maximum atomic E-state index is 13.0. The molecule has 7 N–H and O–H groups in total. The molecule has 16 heteroatoms. The van der Waals surface area contributed by atoms with E-state index in [2.05, 4.69) is 22.5 Å². The number of aliphatic hydroxyl groups is 4. The average molecular weight is 875 g/mol. The lowest BCUT2D eigenvalue weighted by atomic mass is 10.1. The van der Waals surface area contributed by atoms with Crippen LogP contribution < -0.4 is 16.0 Å². The van der Waals surface area contributed by atoms with Crippen molar-refractivity contribution in [2.75, 3.05) is 38.2 Å². The molecule has 13 nitrogen and oxygen atoms in total. The average Bonchev–Trinajstić information content (AvgIpc) is 2.85. The van der Waals surface area contributed by atoms with Gasteiger partial charge in [0.25, 0.3) is 11.8 Å². The van der Waals surface area contributed by atoms with Gasteiger partial charge in [-0.15, -0.1) is 0 Å². The number of hydrogen-bond acceptors (Lipinski definition) is 11. The molecular weight excluding hydrogens is 847 g/mol. The van der Waals surface area contributed by atoms with Crippen LogP contribution >= 0.6 is 67.8 Å². The summed E-state index contributed by atoms with van der Waals surface area (Å²) in [4.78, 5) is 50.0. The summed E-state index contributed by atoms with van der Waals surface area (Å²) in [6.45, 7) is 4.16. The summed E-state index contributed by atoms with van der Waals surface area (Å²) in [6.07, 6.45) is -3.59. The van der Waals surface area contributed by atoms with Gasteiger partial charge in [-0.25, -0.2) is 4.79 Å². The first-order chi connectivity index (χ1) is 17.7.